The van der Waals surface area contributed by atoms with Gasteiger partial charge in [-0.1, -0.05) is 5.16 Å². The van der Waals surface area contributed by atoms with Gasteiger partial charge < -0.3 is 16.0 Å². The zero-order valence-corrected chi connectivity index (χ0v) is 4.40. The Kier molecular flexibility index (Phi) is 2.18. The number of aliphatic carboxylic acids is 1. The van der Waals surface area contributed by atoms with Gasteiger partial charge in [-0.25, -0.2) is 10.2 Å². The molecule has 0 aromatic carbocycles. The van der Waals surface area contributed by atoms with Crippen LogP contribution in [0.2, 0.25) is 0 Å². The average molecular weight is 132 g/mol. The number of hydrogen-bond acceptors (Lipinski definition) is 3. The Bertz CT molecular complexity index is 173. The first-order valence-corrected chi connectivity index (χ1v) is 1.93. The van der Waals surface area contributed by atoms with Crippen LogP contribution in [-0.2, 0) is 4.79 Å². The lowest BCUT2D eigenvalue weighted by molar-refractivity contribution is -0.146. The van der Waals surface area contributed by atoms with Gasteiger partial charge in [0.25, 0.3) is 0 Å². The molecule has 0 aliphatic carbocycles. The number of oxime groups is 1. The summed E-state index contributed by atoms with van der Waals surface area (Å²) in [5.74, 6) is -2.01. The fourth-order valence-corrected chi connectivity index (χ4v) is 0.163. The highest BCUT2D eigenvalue weighted by atomic mass is 16.4. The largest absolute Gasteiger partial charge is 0.473 e. The lowest BCUT2D eigenvalue weighted by Crippen LogP contribution is -2.52. The van der Waals surface area contributed by atoms with Crippen LogP contribution in [0, 0.1) is 0 Å². The molecule has 50 valence electrons. The lowest BCUT2D eigenvalue weighted by atomic mass is 10.4. The molecule has 0 unspecified atom stereocenters. The van der Waals surface area contributed by atoms with E-state index in [4.69, 9.17) is 21.5 Å². The van der Waals surface area contributed by atoms with E-state index in [2.05, 4.69) is 5.16 Å². The van der Waals surface area contributed by atoms with E-state index >= 15 is 0 Å². The van der Waals surface area contributed by atoms with Crippen molar-refractivity contribution in [1.82, 2.24) is 0 Å². The van der Waals surface area contributed by atoms with Gasteiger partial charge in [0.2, 0.25) is 5.84 Å². The Morgan fingerprint density at radius 3 is 2.22 bits per heavy atom. The molecule has 0 fully saturated rings. The lowest BCUT2D eigenvalue weighted by Gasteiger charge is -1.85. The molecule has 0 aromatic heterocycles. The maximum atomic E-state index is 9.87. The van der Waals surface area contributed by atoms with Crippen LogP contribution in [0.1, 0.15) is 0 Å². The number of carbonyl (C=O) groups is 1. The molecule has 0 atom stereocenters. The van der Waals surface area contributed by atoms with Crippen LogP contribution in [-0.4, -0.2) is 27.8 Å². The first-order chi connectivity index (χ1) is 4.09. The zero-order chi connectivity index (χ0) is 7.44. The Balaban J connectivity index is 4.23. The number of hydrogen-bond donors (Lipinski definition) is 4. The van der Waals surface area contributed by atoms with E-state index in [1.165, 1.54) is 0 Å². The zero-order valence-electron chi connectivity index (χ0n) is 4.40. The van der Waals surface area contributed by atoms with E-state index in [0.29, 0.717) is 0 Å². The highest BCUT2D eigenvalue weighted by Crippen LogP contribution is 1.67. The maximum Gasteiger partial charge on any atom is 0.404 e. The summed E-state index contributed by atoms with van der Waals surface area (Å²) in [6, 6.07) is 0. The van der Waals surface area contributed by atoms with Crippen molar-refractivity contribution >= 4 is 17.5 Å². The van der Waals surface area contributed by atoms with Gasteiger partial charge >= 0.3 is 11.7 Å². The van der Waals surface area contributed by atoms with Gasteiger partial charge in [-0.2, -0.15) is 0 Å². The van der Waals surface area contributed by atoms with Gasteiger partial charge in [0.15, 0.2) is 0 Å². The normalized spacial score (nSPS) is 10.9. The van der Waals surface area contributed by atoms with Crippen molar-refractivity contribution in [2.24, 2.45) is 10.9 Å². The Hall–Kier alpha value is -1.59. The summed E-state index contributed by atoms with van der Waals surface area (Å²) >= 11 is 0. The van der Waals surface area contributed by atoms with Crippen molar-refractivity contribution in [3.63, 3.8) is 0 Å². The quantitative estimate of drug-likeness (QED) is 0.138. The molecule has 6 N–H and O–H groups in total. The standard InChI is InChI=1S/C3H5N3O3/c4-1(3(7)8)2(5)6-9/h4,9H,(H2,5,6)(H,7,8)/p+1. The van der Waals surface area contributed by atoms with Gasteiger partial charge in [-0.05, 0) is 0 Å². The topological polar surface area (TPSA) is 122 Å². The van der Waals surface area contributed by atoms with Crippen LogP contribution in [0.15, 0.2) is 5.16 Å². The van der Waals surface area contributed by atoms with Gasteiger partial charge in [0, 0.05) is 0 Å². The number of rotatable bonds is 2. The van der Waals surface area contributed by atoms with E-state index < -0.39 is 17.5 Å². The van der Waals surface area contributed by atoms with Crippen molar-refractivity contribution < 1.29 is 20.5 Å². The third kappa shape index (κ3) is 1.76. The summed E-state index contributed by atoms with van der Waals surface area (Å²) < 4.78 is 0. The summed E-state index contributed by atoms with van der Waals surface area (Å²) in [6.07, 6.45) is 0. The molecule has 6 heteroatoms. The van der Waals surface area contributed by atoms with Crippen molar-refractivity contribution in [3.05, 3.63) is 0 Å². The second-order valence-electron chi connectivity index (χ2n) is 1.20. The molecule has 0 aliphatic heterocycles. The number of nitrogens with zero attached hydrogens (tertiary/aromatic N) is 1. The third-order valence-corrected chi connectivity index (χ3v) is 0.614. The molecule has 0 bridgehead atoms. The van der Waals surface area contributed by atoms with Crippen LogP contribution in [0.5, 0.6) is 0 Å². The summed E-state index contributed by atoms with van der Waals surface area (Å²) in [5.41, 5.74) is 4.11. The van der Waals surface area contributed by atoms with Crippen LogP contribution in [0.25, 0.3) is 0 Å². The average Bonchev–Trinajstić information content (AvgIpc) is 1.84. The van der Waals surface area contributed by atoms with Crippen molar-refractivity contribution in [3.8, 4) is 0 Å². The fourth-order valence-electron chi connectivity index (χ4n) is 0.163. The van der Waals surface area contributed by atoms with Crippen molar-refractivity contribution in [1.29, 1.82) is 0 Å². The molecule has 0 amide bonds. The van der Waals surface area contributed by atoms with E-state index in [1.807, 2.05) is 0 Å². The Morgan fingerprint density at radius 1 is 1.67 bits per heavy atom. The summed E-state index contributed by atoms with van der Waals surface area (Å²) in [4.78, 5) is 9.87. The highest BCUT2D eigenvalue weighted by Gasteiger charge is 2.17. The predicted molar refractivity (Wildman–Crippen MR) is 28.0 cm³/mol. The molecule has 0 saturated heterocycles. The molecule has 6 nitrogen and oxygen atoms in total. The number of carboxylic acid groups (broad SMARTS) is 1. The Morgan fingerprint density at radius 2 is 2.11 bits per heavy atom. The summed E-state index contributed by atoms with van der Waals surface area (Å²) in [5, 5.41) is 23.0. The van der Waals surface area contributed by atoms with Gasteiger partial charge in [-0.15, -0.1) is 0 Å². The van der Waals surface area contributed by atoms with E-state index in [0.717, 1.165) is 0 Å². The molecule has 0 radical (unpaired) electrons. The molecule has 0 heterocycles. The summed E-state index contributed by atoms with van der Waals surface area (Å²) in [7, 11) is 0. The number of nitrogens with two attached hydrogens (primary N) is 2. The molecule has 0 spiro atoms. The van der Waals surface area contributed by atoms with E-state index in [-0.39, 0.29) is 0 Å². The summed E-state index contributed by atoms with van der Waals surface area (Å²) in [6.45, 7) is 0. The minimum atomic E-state index is -1.41. The van der Waals surface area contributed by atoms with E-state index in [1.54, 1.807) is 0 Å². The van der Waals surface area contributed by atoms with Crippen molar-refractivity contribution in [2.45, 2.75) is 0 Å². The second kappa shape index (κ2) is 2.65. The first-order valence-electron chi connectivity index (χ1n) is 1.93. The van der Waals surface area contributed by atoms with Gasteiger partial charge in [0.05, 0.1) is 0 Å². The minimum absolute atomic E-state index is 0.595. The molecule has 9 heavy (non-hydrogen) atoms. The molecule has 0 aromatic rings. The minimum Gasteiger partial charge on any atom is -0.473 e. The maximum absolute atomic E-state index is 9.87. The monoisotopic (exact) mass is 132 g/mol. The number of carboxylic acids is 1. The van der Waals surface area contributed by atoms with Crippen molar-refractivity contribution in [2.75, 3.05) is 0 Å². The fraction of sp³-hybridized carbons (Fsp3) is 0. The SMILES string of the molecule is N/C(=N/O)C(=[NH2+])C(=O)O. The first kappa shape index (κ1) is 7.41. The van der Waals surface area contributed by atoms with Crippen LogP contribution < -0.4 is 11.1 Å². The predicted octanol–water partition coefficient (Wildman–Crippen LogP) is -2.98. The van der Waals surface area contributed by atoms with Gasteiger partial charge in [0.1, 0.15) is 0 Å². The number of amidine groups is 1. The van der Waals surface area contributed by atoms with Crippen LogP contribution in [0.3, 0.4) is 0 Å². The van der Waals surface area contributed by atoms with E-state index in [9.17, 15) is 4.79 Å². The third-order valence-electron chi connectivity index (χ3n) is 0.614. The molecule has 0 aliphatic rings. The highest BCUT2D eigenvalue weighted by molar-refractivity contribution is 6.62. The second-order valence-corrected chi connectivity index (χ2v) is 1.20. The molecular weight excluding hydrogens is 126 g/mol. The van der Waals surface area contributed by atoms with Gasteiger partial charge in [-0.3, -0.25) is 0 Å². The smallest absolute Gasteiger partial charge is 0.404 e. The van der Waals surface area contributed by atoms with Crippen LogP contribution in [0.4, 0.5) is 0 Å². The molecule has 0 rings (SSSR count). The van der Waals surface area contributed by atoms with Crippen LogP contribution >= 0.6 is 0 Å². The Labute approximate surface area is 50.1 Å². The molecule has 0 saturated carbocycles. The molecular formula is C3H6N3O3+.